The molecule has 7 heteroatoms. The second kappa shape index (κ2) is 9.83. The SMILES string of the molecule is CCC(C)c1ccc(OCC(=O)N/N=C/c2cc(Cl)c(O)c(OC)c2)cc1. The molecule has 0 heterocycles. The molecule has 144 valence electrons. The highest BCUT2D eigenvalue weighted by atomic mass is 35.5. The van der Waals surface area contributed by atoms with E-state index in [1.54, 1.807) is 6.07 Å². The predicted molar refractivity (Wildman–Crippen MR) is 106 cm³/mol. The predicted octanol–water partition coefficient (Wildman–Crippen LogP) is 4.10. The van der Waals surface area contributed by atoms with Crippen LogP contribution in [0.5, 0.6) is 17.2 Å². The summed E-state index contributed by atoms with van der Waals surface area (Å²) in [7, 11) is 1.42. The van der Waals surface area contributed by atoms with E-state index in [1.165, 1.54) is 25.0 Å². The van der Waals surface area contributed by atoms with Crippen molar-refractivity contribution in [3.05, 3.63) is 52.5 Å². The monoisotopic (exact) mass is 390 g/mol. The highest BCUT2D eigenvalue weighted by Gasteiger charge is 2.08. The van der Waals surface area contributed by atoms with Crippen molar-refractivity contribution in [3.8, 4) is 17.2 Å². The van der Waals surface area contributed by atoms with Crippen molar-refractivity contribution in [2.75, 3.05) is 13.7 Å². The van der Waals surface area contributed by atoms with Crippen molar-refractivity contribution in [2.45, 2.75) is 26.2 Å². The van der Waals surface area contributed by atoms with Gasteiger partial charge in [0, 0.05) is 0 Å². The van der Waals surface area contributed by atoms with E-state index in [0.29, 0.717) is 17.2 Å². The standard InChI is InChI=1S/C20H23ClN2O4/c1-4-13(2)15-5-7-16(8-6-15)27-12-19(24)23-22-11-14-9-17(21)20(25)18(10-14)26-3/h5-11,13,25H,4,12H2,1-3H3,(H,23,24)/b22-11+. The van der Waals surface area contributed by atoms with Crippen molar-refractivity contribution >= 4 is 23.7 Å². The summed E-state index contributed by atoms with van der Waals surface area (Å²) in [5.41, 5.74) is 4.17. The molecule has 0 spiro atoms. The third-order valence-electron chi connectivity index (χ3n) is 4.10. The Bertz CT molecular complexity index is 806. The van der Waals surface area contributed by atoms with Gasteiger partial charge in [0.1, 0.15) is 5.75 Å². The van der Waals surface area contributed by atoms with Gasteiger partial charge in [0.05, 0.1) is 18.3 Å². The molecule has 2 N–H and O–H groups in total. The molecule has 0 saturated carbocycles. The van der Waals surface area contributed by atoms with Gasteiger partial charge in [-0.1, -0.05) is 37.6 Å². The molecule has 0 aliphatic carbocycles. The van der Waals surface area contributed by atoms with Crippen LogP contribution in [0.15, 0.2) is 41.5 Å². The quantitative estimate of drug-likeness (QED) is 0.525. The normalized spacial score (nSPS) is 12.0. The first-order chi connectivity index (χ1) is 12.9. The Morgan fingerprint density at radius 1 is 1.33 bits per heavy atom. The third-order valence-corrected chi connectivity index (χ3v) is 4.39. The molecule has 0 aromatic heterocycles. The molecule has 0 radical (unpaired) electrons. The molecule has 27 heavy (non-hydrogen) atoms. The number of aromatic hydroxyl groups is 1. The Morgan fingerprint density at radius 2 is 2.04 bits per heavy atom. The number of ether oxygens (including phenoxy) is 2. The van der Waals surface area contributed by atoms with Crippen LogP contribution in [0.2, 0.25) is 5.02 Å². The number of benzene rings is 2. The molecule has 1 unspecified atom stereocenters. The zero-order chi connectivity index (χ0) is 19.8. The fraction of sp³-hybridized carbons (Fsp3) is 0.300. The van der Waals surface area contributed by atoms with Crippen LogP contribution >= 0.6 is 11.6 Å². The Morgan fingerprint density at radius 3 is 2.67 bits per heavy atom. The number of carbonyl (C=O) groups excluding carboxylic acids is 1. The number of hydrogen-bond donors (Lipinski definition) is 2. The van der Waals surface area contributed by atoms with Crippen LogP contribution in [-0.2, 0) is 4.79 Å². The van der Waals surface area contributed by atoms with Crippen LogP contribution < -0.4 is 14.9 Å². The van der Waals surface area contributed by atoms with Crippen LogP contribution in [0.4, 0.5) is 0 Å². The maximum atomic E-state index is 11.8. The van der Waals surface area contributed by atoms with Crippen molar-refractivity contribution in [1.29, 1.82) is 0 Å². The zero-order valence-electron chi connectivity index (χ0n) is 15.5. The summed E-state index contributed by atoms with van der Waals surface area (Å²) in [6.45, 7) is 4.15. The highest BCUT2D eigenvalue weighted by molar-refractivity contribution is 6.32. The lowest BCUT2D eigenvalue weighted by Gasteiger charge is -2.10. The Balaban J connectivity index is 1.86. The van der Waals surface area contributed by atoms with Gasteiger partial charge in [0.15, 0.2) is 18.1 Å². The second-order valence-corrected chi connectivity index (χ2v) is 6.42. The van der Waals surface area contributed by atoms with Crippen molar-refractivity contribution in [2.24, 2.45) is 5.10 Å². The minimum absolute atomic E-state index is 0.131. The number of amides is 1. The van der Waals surface area contributed by atoms with Crippen molar-refractivity contribution in [3.63, 3.8) is 0 Å². The van der Waals surface area contributed by atoms with E-state index in [0.717, 1.165) is 6.42 Å². The van der Waals surface area contributed by atoms with E-state index in [1.807, 2.05) is 24.3 Å². The number of phenols is 1. The number of hydrazone groups is 1. The van der Waals surface area contributed by atoms with E-state index in [2.05, 4.69) is 24.4 Å². The van der Waals surface area contributed by atoms with Crippen molar-refractivity contribution in [1.82, 2.24) is 5.43 Å². The fourth-order valence-corrected chi connectivity index (χ4v) is 2.53. The summed E-state index contributed by atoms with van der Waals surface area (Å²) >= 11 is 5.90. The highest BCUT2D eigenvalue weighted by Crippen LogP contribution is 2.34. The molecule has 0 aliphatic heterocycles. The molecule has 1 atom stereocenters. The molecule has 0 fully saturated rings. The minimum atomic E-state index is -0.394. The molecular weight excluding hydrogens is 368 g/mol. The Hall–Kier alpha value is -2.73. The van der Waals surface area contributed by atoms with Crippen LogP contribution in [-0.4, -0.2) is 30.9 Å². The first-order valence-electron chi connectivity index (χ1n) is 8.55. The summed E-state index contributed by atoms with van der Waals surface area (Å²) in [5.74, 6) is 0.793. The maximum Gasteiger partial charge on any atom is 0.277 e. The van der Waals surface area contributed by atoms with Gasteiger partial charge in [-0.3, -0.25) is 4.79 Å². The van der Waals surface area contributed by atoms with E-state index < -0.39 is 5.91 Å². The first-order valence-corrected chi connectivity index (χ1v) is 8.93. The van der Waals surface area contributed by atoms with Crippen LogP contribution in [0.1, 0.15) is 37.3 Å². The van der Waals surface area contributed by atoms with Gasteiger partial charge < -0.3 is 14.6 Å². The lowest BCUT2D eigenvalue weighted by molar-refractivity contribution is -0.123. The molecule has 2 aromatic carbocycles. The van der Waals surface area contributed by atoms with Crippen molar-refractivity contribution < 1.29 is 19.4 Å². The van der Waals surface area contributed by atoms with Crippen LogP contribution in [0.3, 0.4) is 0 Å². The number of halogens is 1. The fourth-order valence-electron chi connectivity index (χ4n) is 2.31. The molecule has 6 nitrogen and oxygen atoms in total. The number of nitrogens with one attached hydrogen (secondary N) is 1. The van der Waals surface area contributed by atoms with E-state index >= 15 is 0 Å². The number of rotatable bonds is 8. The maximum absolute atomic E-state index is 11.8. The average Bonchev–Trinajstić information content (AvgIpc) is 2.68. The summed E-state index contributed by atoms with van der Waals surface area (Å²) < 4.78 is 10.5. The van der Waals surface area contributed by atoms with Crippen LogP contribution in [0, 0.1) is 0 Å². The third kappa shape index (κ3) is 5.89. The number of carbonyl (C=O) groups is 1. The second-order valence-electron chi connectivity index (χ2n) is 6.01. The average molecular weight is 391 g/mol. The number of nitrogens with zero attached hydrogens (tertiary/aromatic N) is 1. The molecule has 0 aliphatic rings. The van der Waals surface area contributed by atoms with Gasteiger partial charge >= 0.3 is 0 Å². The van der Waals surface area contributed by atoms with Gasteiger partial charge in [-0.05, 0) is 47.7 Å². The summed E-state index contributed by atoms with van der Waals surface area (Å²) in [6, 6.07) is 10.8. The van der Waals surface area contributed by atoms with Crippen LogP contribution in [0.25, 0.3) is 0 Å². The summed E-state index contributed by atoms with van der Waals surface area (Å²) in [6.07, 6.45) is 2.46. The largest absolute Gasteiger partial charge is 0.503 e. The Kier molecular flexibility index (Phi) is 7.49. The van der Waals surface area contributed by atoms with Gasteiger partial charge in [0.25, 0.3) is 5.91 Å². The lowest BCUT2D eigenvalue weighted by Crippen LogP contribution is -2.24. The Labute approximate surface area is 163 Å². The molecule has 2 rings (SSSR count). The molecule has 0 saturated heterocycles. The molecule has 2 aromatic rings. The zero-order valence-corrected chi connectivity index (χ0v) is 16.3. The van der Waals surface area contributed by atoms with E-state index in [4.69, 9.17) is 21.1 Å². The molecule has 0 bridgehead atoms. The summed E-state index contributed by atoms with van der Waals surface area (Å²) in [4.78, 5) is 11.8. The number of methoxy groups -OCH3 is 1. The molecular formula is C20H23ClN2O4. The minimum Gasteiger partial charge on any atom is -0.503 e. The molecule has 1 amide bonds. The van der Waals surface area contributed by atoms with Gasteiger partial charge in [-0.25, -0.2) is 5.43 Å². The topological polar surface area (TPSA) is 80.2 Å². The van der Waals surface area contributed by atoms with Gasteiger partial charge in [-0.15, -0.1) is 0 Å². The van der Waals surface area contributed by atoms with E-state index in [9.17, 15) is 9.90 Å². The van der Waals surface area contributed by atoms with E-state index in [-0.39, 0.29) is 23.1 Å². The lowest BCUT2D eigenvalue weighted by atomic mass is 9.99. The number of phenolic OH excluding ortho intramolecular Hbond substituents is 1. The first kappa shape index (κ1) is 20.6. The summed E-state index contributed by atoms with van der Waals surface area (Å²) in [5, 5.41) is 13.7. The van der Waals surface area contributed by atoms with Gasteiger partial charge in [0.2, 0.25) is 0 Å². The number of hydrogen-bond acceptors (Lipinski definition) is 5. The van der Waals surface area contributed by atoms with Gasteiger partial charge in [-0.2, -0.15) is 5.10 Å². The smallest absolute Gasteiger partial charge is 0.277 e.